The molecule has 1 amide bonds. The molecule has 2 rings (SSSR count). The van der Waals surface area contributed by atoms with Gasteiger partial charge in [-0.25, -0.2) is 4.79 Å². The van der Waals surface area contributed by atoms with Crippen LogP contribution in [-0.2, 0) is 4.79 Å². The topological polar surface area (TPSA) is 101 Å². The van der Waals surface area contributed by atoms with E-state index in [1.165, 1.54) is 17.0 Å². The van der Waals surface area contributed by atoms with Gasteiger partial charge in [-0.15, -0.1) is 0 Å². The number of aliphatic carboxylic acids is 1. The number of carbonyl (C=O) groups excluding carboxylic acids is 1. The molecule has 0 saturated carbocycles. The fourth-order valence-electron chi connectivity index (χ4n) is 2.52. The predicted molar refractivity (Wildman–Crippen MR) is 77.0 cm³/mol. The zero-order valence-electron chi connectivity index (χ0n) is 11.2. The molecule has 2 unspecified atom stereocenters. The zero-order valence-corrected chi connectivity index (χ0v) is 12.7. The Kier molecular flexibility index (Phi) is 4.26. The lowest BCUT2D eigenvalue weighted by atomic mass is 10.0. The van der Waals surface area contributed by atoms with Crippen LogP contribution in [0.5, 0.6) is 0 Å². The number of likely N-dealkylation sites (tertiary alicyclic amines) is 1. The number of non-ortho nitro benzene ring substituents is 1. The summed E-state index contributed by atoms with van der Waals surface area (Å²) >= 11 is 3.12. The summed E-state index contributed by atoms with van der Waals surface area (Å²) in [7, 11) is 0. The Balaban J connectivity index is 2.36. The van der Waals surface area contributed by atoms with E-state index >= 15 is 0 Å². The number of amides is 1. The van der Waals surface area contributed by atoms with Crippen molar-refractivity contribution in [3.8, 4) is 0 Å². The third kappa shape index (κ3) is 3.05. The second kappa shape index (κ2) is 5.80. The van der Waals surface area contributed by atoms with Crippen molar-refractivity contribution in [3.05, 3.63) is 38.3 Å². The van der Waals surface area contributed by atoms with Crippen LogP contribution in [0.25, 0.3) is 0 Å². The Labute approximate surface area is 128 Å². The second-order valence-electron chi connectivity index (χ2n) is 5.00. The lowest BCUT2D eigenvalue weighted by molar-refractivity contribution is -0.385. The fraction of sp³-hybridized carbons (Fsp3) is 0.385. The first kappa shape index (κ1) is 15.4. The molecule has 1 aromatic rings. The van der Waals surface area contributed by atoms with Gasteiger partial charge in [0.1, 0.15) is 6.04 Å². The summed E-state index contributed by atoms with van der Waals surface area (Å²) in [6, 6.07) is 3.01. The van der Waals surface area contributed by atoms with Gasteiger partial charge in [-0.1, -0.05) is 22.9 Å². The molecule has 0 bridgehead atoms. The largest absolute Gasteiger partial charge is 0.480 e. The van der Waals surface area contributed by atoms with Crippen molar-refractivity contribution < 1.29 is 19.6 Å². The van der Waals surface area contributed by atoms with E-state index in [0.29, 0.717) is 17.4 Å². The number of nitrogens with zero attached hydrogens (tertiary/aromatic N) is 2. The third-order valence-corrected chi connectivity index (χ3v) is 4.01. The summed E-state index contributed by atoms with van der Waals surface area (Å²) < 4.78 is 0.402. The number of benzene rings is 1. The molecule has 112 valence electrons. The quantitative estimate of drug-likeness (QED) is 0.661. The van der Waals surface area contributed by atoms with Crippen molar-refractivity contribution in [1.29, 1.82) is 0 Å². The molecule has 1 N–H and O–H groups in total. The molecule has 1 heterocycles. The van der Waals surface area contributed by atoms with Crippen LogP contribution in [0.2, 0.25) is 0 Å². The van der Waals surface area contributed by atoms with Gasteiger partial charge in [0.2, 0.25) is 0 Å². The Morgan fingerprint density at radius 1 is 1.43 bits per heavy atom. The average Bonchev–Trinajstić information content (AvgIpc) is 2.79. The van der Waals surface area contributed by atoms with Gasteiger partial charge in [-0.3, -0.25) is 14.9 Å². The van der Waals surface area contributed by atoms with Crippen LogP contribution in [0.4, 0.5) is 5.69 Å². The highest BCUT2D eigenvalue weighted by molar-refractivity contribution is 9.10. The van der Waals surface area contributed by atoms with E-state index in [2.05, 4.69) is 15.9 Å². The molecular formula is C13H13BrN2O5. The molecule has 1 aliphatic heterocycles. The van der Waals surface area contributed by atoms with Gasteiger partial charge in [-0.2, -0.15) is 0 Å². The van der Waals surface area contributed by atoms with E-state index in [-0.39, 0.29) is 17.2 Å². The molecule has 1 saturated heterocycles. The first-order chi connectivity index (χ1) is 9.81. The highest BCUT2D eigenvalue weighted by atomic mass is 79.9. The standard InChI is InChI=1S/C13H13BrN2O5/c1-7-2-3-15(11(7)13(18)19)12(17)8-4-9(14)6-10(5-8)16(20)21/h4-7,11H,2-3H2,1H3,(H,18,19). The maximum absolute atomic E-state index is 12.5. The number of rotatable bonds is 3. The first-order valence-corrected chi connectivity index (χ1v) is 7.09. The van der Waals surface area contributed by atoms with E-state index in [4.69, 9.17) is 0 Å². The highest BCUT2D eigenvalue weighted by Crippen LogP contribution is 2.28. The predicted octanol–water partition coefficient (Wildman–Crippen LogP) is 2.29. The average molecular weight is 357 g/mol. The van der Waals surface area contributed by atoms with Crippen molar-refractivity contribution >= 4 is 33.5 Å². The van der Waals surface area contributed by atoms with Crippen LogP contribution in [0.3, 0.4) is 0 Å². The van der Waals surface area contributed by atoms with Crippen LogP contribution in [0.1, 0.15) is 23.7 Å². The normalized spacial score (nSPS) is 21.3. The summed E-state index contributed by atoms with van der Waals surface area (Å²) in [5.74, 6) is -1.71. The number of hydrogen-bond acceptors (Lipinski definition) is 4. The summed E-state index contributed by atoms with van der Waals surface area (Å²) in [6.07, 6.45) is 0.596. The first-order valence-electron chi connectivity index (χ1n) is 6.30. The molecule has 8 heteroatoms. The Bertz CT molecular complexity index is 619. The van der Waals surface area contributed by atoms with E-state index in [1.807, 2.05) is 0 Å². The molecule has 1 aliphatic rings. The molecule has 0 spiro atoms. The summed E-state index contributed by atoms with van der Waals surface area (Å²) in [5.41, 5.74) is -0.108. The summed E-state index contributed by atoms with van der Waals surface area (Å²) in [5, 5.41) is 20.1. The molecule has 1 fully saturated rings. The van der Waals surface area contributed by atoms with Gasteiger partial charge in [0, 0.05) is 28.7 Å². The number of halogens is 1. The minimum Gasteiger partial charge on any atom is -0.480 e. The minimum atomic E-state index is -1.06. The smallest absolute Gasteiger partial charge is 0.326 e. The summed E-state index contributed by atoms with van der Waals surface area (Å²) in [4.78, 5) is 35.3. The lowest BCUT2D eigenvalue weighted by Gasteiger charge is -2.23. The van der Waals surface area contributed by atoms with E-state index in [0.717, 1.165) is 6.07 Å². The molecular weight excluding hydrogens is 344 g/mol. The lowest BCUT2D eigenvalue weighted by Crippen LogP contribution is -2.42. The van der Waals surface area contributed by atoms with Crippen LogP contribution < -0.4 is 0 Å². The highest BCUT2D eigenvalue weighted by Gasteiger charge is 2.40. The van der Waals surface area contributed by atoms with Gasteiger partial charge in [0.25, 0.3) is 11.6 Å². The van der Waals surface area contributed by atoms with Crippen molar-refractivity contribution in [2.75, 3.05) is 6.54 Å². The molecule has 7 nitrogen and oxygen atoms in total. The van der Waals surface area contributed by atoms with Crippen molar-refractivity contribution in [3.63, 3.8) is 0 Å². The van der Waals surface area contributed by atoms with Crippen molar-refractivity contribution in [1.82, 2.24) is 4.90 Å². The van der Waals surface area contributed by atoms with Crippen molar-refractivity contribution in [2.45, 2.75) is 19.4 Å². The van der Waals surface area contributed by atoms with Crippen LogP contribution >= 0.6 is 15.9 Å². The zero-order chi connectivity index (χ0) is 15.7. The fourth-order valence-corrected chi connectivity index (χ4v) is 3.00. The third-order valence-electron chi connectivity index (χ3n) is 3.55. The Hall–Kier alpha value is -1.96. The van der Waals surface area contributed by atoms with Gasteiger partial charge < -0.3 is 10.0 Å². The summed E-state index contributed by atoms with van der Waals surface area (Å²) in [6.45, 7) is 2.10. The Morgan fingerprint density at radius 2 is 2.10 bits per heavy atom. The molecule has 0 aliphatic carbocycles. The number of hydrogen-bond donors (Lipinski definition) is 1. The molecule has 0 radical (unpaired) electrons. The van der Waals surface area contributed by atoms with Gasteiger partial charge in [-0.05, 0) is 18.4 Å². The number of carbonyl (C=O) groups is 2. The van der Waals surface area contributed by atoms with Gasteiger partial charge in [0.15, 0.2) is 0 Å². The molecule has 1 aromatic carbocycles. The van der Waals surface area contributed by atoms with E-state index in [9.17, 15) is 24.8 Å². The number of nitro groups is 1. The van der Waals surface area contributed by atoms with Crippen LogP contribution in [-0.4, -0.2) is 39.4 Å². The van der Waals surface area contributed by atoms with Gasteiger partial charge in [0.05, 0.1) is 4.92 Å². The number of carboxylic acids is 1. The van der Waals surface area contributed by atoms with E-state index in [1.54, 1.807) is 6.92 Å². The van der Waals surface area contributed by atoms with Crippen molar-refractivity contribution in [2.24, 2.45) is 5.92 Å². The second-order valence-corrected chi connectivity index (χ2v) is 5.92. The number of carboxylic acid groups (broad SMARTS) is 1. The van der Waals surface area contributed by atoms with E-state index < -0.39 is 22.8 Å². The molecule has 2 atom stereocenters. The number of nitro benzene ring substituents is 1. The van der Waals surface area contributed by atoms with Gasteiger partial charge >= 0.3 is 5.97 Å². The van der Waals surface area contributed by atoms with Crippen LogP contribution in [0.15, 0.2) is 22.7 Å². The maximum atomic E-state index is 12.5. The van der Waals surface area contributed by atoms with Crippen LogP contribution in [0, 0.1) is 16.0 Å². The Morgan fingerprint density at radius 3 is 2.67 bits per heavy atom. The maximum Gasteiger partial charge on any atom is 0.326 e. The molecule has 0 aromatic heterocycles. The minimum absolute atomic E-state index is 0.108. The molecule has 21 heavy (non-hydrogen) atoms. The SMILES string of the molecule is CC1CCN(C(=O)c2cc(Br)cc([N+](=O)[O-])c2)C1C(=O)O. The monoisotopic (exact) mass is 356 g/mol.